The van der Waals surface area contributed by atoms with E-state index >= 15 is 0 Å². The smallest absolute Gasteiger partial charge is 0.338 e. The molecule has 0 aliphatic carbocycles. The summed E-state index contributed by atoms with van der Waals surface area (Å²) >= 11 is 3.38. The molecule has 0 aliphatic rings. The number of hydrogen-bond donors (Lipinski definition) is 1. The van der Waals surface area contributed by atoms with Gasteiger partial charge >= 0.3 is 5.97 Å². The van der Waals surface area contributed by atoms with Crippen LogP contribution in [0.1, 0.15) is 36.0 Å². The quantitative estimate of drug-likeness (QED) is 0.363. The first-order valence-electron chi connectivity index (χ1n) is 5.82. The average molecular weight is 300 g/mol. The largest absolute Gasteiger partial charge is 0.462 e. The zero-order chi connectivity index (χ0) is 12.5. The maximum Gasteiger partial charge on any atom is 0.338 e. The zero-order valence-corrected chi connectivity index (χ0v) is 11.4. The van der Waals surface area contributed by atoms with Crippen LogP contribution in [0.4, 0.5) is 5.69 Å². The Bertz CT molecular complexity index is 338. The van der Waals surface area contributed by atoms with Crippen molar-refractivity contribution in [1.29, 1.82) is 0 Å². The molecule has 3 nitrogen and oxygen atoms in total. The average Bonchev–Trinajstić information content (AvgIpc) is 2.34. The van der Waals surface area contributed by atoms with Crippen LogP contribution in [0.25, 0.3) is 0 Å². The summed E-state index contributed by atoms with van der Waals surface area (Å²) in [6.45, 7) is 0.492. The van der Waals surface area contributed by atoms with Gasteiger partial charge in [-0.25, -0.2) is 4.79 Å². The molecule has 4 heteroatoms. The highest BCUT2D eigenvalue weighted by molar-refractivity contribution is 9.09. The number of nitrogen functional groups attached to an aromatic ring is 1. The summed E-state index contributed by atoms with van der Waals surface area (Å²) in [6.07, 6.45) is 4.37. The maximum atomic E-state index is 11.6. The Labute approximate surface area is 110 Å². The first-order valence-corrected chi connectivity index (χ1v) is 6.95. The second-order valence-corrected chi connectivity index (χ2v) is 4.65. The molecule has 2 N–H and O–H groups in total. The summed E-state index contributed by atoms with van der Waals surface area (Å²) in [5, 5.41) is 1.04. The molecule has 0 fully saturated rings. The minimum atomic E-state index is -0.273. The van der Waals surface area contributed by atoms with E-state index in [-0.39, 0.29) is 5.97 Å². The number of unbranched alkanes of at least 4 members (excludes halogenated alkanes) is 3. The molecule has 0 unspecified atom stereocenters. The van der Waals surface area contributed by atoms with E-state index in [0.29, 0.717) is 17.9 Å². The Kier molecular flexibility index (Phi) is 6.70. The van der Waals surface area contributed by atoms with Crippen molar-refractivity contribution in [1.82, 2.24) is 0 Å². The van der Waals surface area contributed by atoms with Crippen LogP contribution in [0, 0.1) is 0 Å². The highest BCUT2D eigenvalue weighted by atomic mass is 79.9. The molecular formula is C13H18BrNO2. The summed E-state index contributed by atoms with van der Waals surface area (Å²) in [5.74, 6) is -0.273. The molecule has 17 heavy (non-hydrogen) atoms. The number of rotatable bonds is 7. The molecule has 1 rings (SSSR count). The molecule has 0 spiro atoms. The SMILES string of the molecule is Nc1ccc(C(=O)OCCCCCCBr)cc1. The van der Waals surface area contributed by atoms with Gasteiger partial charge in [-0.15, -0.1) is 0 Å². The number of halogens is 1. The van der Waals surface area contributed by atoms with E-state index in [1.165, 1.54) is 12.8 Å². The van der Waals surface area contributed by atoms with Gasteiger partial charge in [-0.2, -0.15) is 0 Å². The molecule has 94 valence electrons. The van der Waals surface area contributed by atoms with Gasteiger partial charge in [0.1, 0.15) is 0 Å². The van der Waals surface area contributed by atoms with Crippen LogP contribution in [-0.4, -0.2) is 17.9 Å². The minimum absolute atomic E-state index is 0.273. The lowest BCUT2D eigenvalue weighted by molar-refractivity contribution is 0.0498. The van der Waals surface area contributed by atoms with E-state index in [9.17, 15) is 4.79 Å². The van der Waals surface area contributed by atoms with Crippen LogP contribution < -0.4 is 5.73 Å². The van der Waals surface area contributed by atoms with Crippen LogP contribution in [0.15, 0.2) is 24.3 Å². The Balaban J connectivity index is 2.19. The fraction of sp³-hybridized carbons (Fsp3) is 0.462. The number of ether oxygens (including phenoxy) is 1. The predicted octanol–water partition coefficient (Wildman–Crippen LogP) is 3.38. The second kappa shape index (κ2) is 8.12. The van der Waals surface area contributed by atoms with Crippen molar-refractivity contribution < 1.29 is 9.53 Å². The van der Waals surface area contributed by atoms with Gasteiger partial charge in [0, 0.05) is 11.0 Å². The lowest BCUT2D eigenvalue weighted by Crippen LogP contribution is -2.06. The highest BCUT2D eigenvalue weighted by Gasteiger charge is 2.05. The monoisotopic (exact) mass is 299 g/mol. The van der Waals surface area contributed by atoms with E-state index < -0.39 is 0 Å². The number of nitrogens with two attached hydrogens (primary N) is 1. The number of benzene rings is 1. The van der Waals surface area contributed by atoms with Gasteiger partial charge in [-0.1, -0.05) is 28.8 Å². The molecule has 0 saturated heterocycles. The van der Waals surface area contributed by atoms with Gasteiger partial charge in [0.25, 0.3) is 0 Å². The minimum Gasteiger partial charge on any atom is -0.462 e. The van der Waals surface area contributed by atoms with Crippen molar-refractivity contribution in [3.8, 4) is 0 Å². The number of alkyl halides is 1. The van der Waals surface area contributed by atoms with Crippen molar-refractivity contribution >= 4 is 27.6 Å². The Morgan fingerprint density at radius 2 is 1.76 bits per heavy atom. The van der Waals surface area contributed by atoms with Gasteiger partial charge < -0.3 is 10.5 Å². The van der Waals surface area contributed by atoms with E-state index in [4.69, 9.17) is 10.5 Å². The molecule has 0 aromatic heterocycles. The van der Waals surface area contributed by atoms with Crippen LogP contribution in [-0.2, 0) is 4.74 Å². The molecule has 0 amide bonds. The van der Waals surface area contributed by atoms with Crippen molar-refractivity contribution in [2.45, 2.75) is 25.7 Å². The van der Waals surface area contributed by atoms with Crippen molar-refractivity contribution in [2.75, 3.05) is 17.7 Å². The Hall–Kier alpha value is -1.03. The lowest BCUT2D eigenvalue weighted by atomic mass is 10.2. The summed E-state index contributed by atoms with van der Waals surface area (Å²) in [6, 6.07) is 6.77. The topological polar surface area (TPSA) is 52.3 Å². The van der Waals surface area contributed by atoms with Crippen molar-refractivity contribution in [3.05, 3.63) is 29.8 Å². The lowest BCUT2D eigenvalue weighted by Gasteiger charge is -2.04. The number of hydrogen-bond acceptors (Lipinski definition) is 3. The van der Waals surface area contributed by atoms with E-state index in [2.05, 4.69) is 15.9 Å². The fourth-order valence-corrected chi connectivity index (χ4v) is 1.81. The first-order chi connectivity index (χ1) is 8.24. The Morgan fingerprint density at radius 3 is 2.41 bits per heavy atom. The first kappa shape index (κ1) is 14.0. The molecule has 0 bridgehead atoms. The van der Waals surface area contributed by atoms with E-state index in [0.717, 1.165) is 18.2 Å². The van der Waals surface area contributed by atoms with Gasteiger partial charge in [0.15, 0.2) is 0 Å². The van der Waals surface area contributed by atoms with Gasteiger partial charge in [-0.05, 0) is 37.1 Å². The molecule has 0 heterocycles. The second-order valence-electron chi connectivity index (χ2n) is 3.86. The number of anilines is 1. The van der Waals surface area contributed by atoms with Crippen LogP contribution in [0.3, 0.4) is 0 Å². The molecule has 0 atom stereocenters. The molecule has 0 saturated carbocycles. The maximum absolute atomic E-state index is 11.6. The number of carbonyl (C=O) groups is 1. The third-order valence-corrected chi connectivity index (χ3v) is 2.97. The highest BCUT2D eigenvalue weighted by Crippen LogP contribution is 2.08. The van der Waals surface area contributed by atoms with E-state index in [1.807, 2.05) is 0 Å². The van der Waals surface area contributed by atoms with Gasteiger partial charge in [0.2, 0.25) is 0 Å². The van der Waals surface area contributed by atoms with Crippen molar-refractivity contribution in [2.24, 2.45) is 0 Å². The molecule has 1 aromatic carbocycles. The van der Waals surface area contributed by atoms with Gasteiger partial charge in [-0.3, -0.25) is 0 Å². The summed E-state index contributed by atoms with van der Waals surface area (Å²) in [7, 11) is 0. The summed E-state index contributed by atoms with van der Waals surface area (Å²) in [4.78, 5) is 11.6. The van der Waals surface area contributed by atoms with Crippen molar-refractivity contribution in [3.63, 3.8) is 0 Å². The number of carbonyl (C=O) groups excluding carboxylic acids is 1. The third kappa shape index (κ3) is 5.73. The molecule has 0 aliphatic heterocycles. The predicted molar refractivity (Wildman–Crippen MR) is 73.4 cm³/mol. The number of esters is 1. The van der Waals surface area contributed by atoms with Crippen LogP contribution in [0.2, 0.25) is 0 Å². The standard InChI is InChI=1S/C13H18BrNO2/c14-9-3-1-2-4-10-17-13(16)11-5-7-12(15)8-6-11/h5-8H,1-4,9-10,15H2. The molecular weight excluding hydrogens is 282 g/mol. The Morgan fingerprint density at radius 1 is 1.12 bits per heavy atom. The van der Waals surface area contributed by atoms with Crippen LogP contribution in [0.5, 0.6) is 0 Å². The molecule has 1 aromatic rings. The van der Waals surface area contributed by atoms with Crippen LogP contribution >= 0.6 is 15.9 Å². The fourth-order valence-electron chi connectivity index (χ4n) is 1.42. The zero-order valence-electron chi connectivity index (χ0n) is 9.82. The third-order valence-electron chi connectivity index (χ3n) is 2.41. The molecule has 0 radical (unpaired) electrons. The summed E-state index contributed by atoms with van der Waals surface area (Å²) < 4.78 is 5.16. The van der Waals surface area contributed by atoms with Gasteiger partial charge in [0.05, 0.1) is 12.2 Å². The normalized spacial score (nSPS) is 10.2. The summed E-state index contributed by atoms with van der Waals surface area (Å²) in [5.41, 5.74) is 6.74. The van der Waals surface area contributed by atoms with E-state index in [1.54, 1.807) is 24.3 Å².